The number of amides is 3. The van der Waals surface area contributed by atoms with Gasteiger partial charge in [0.05, 0.1) is 0 Å². The van der Waals surface area contributed by atoms with Gasteiger partial charge in [0.15, 0.2) is 0 Å². The quantitative estimate of drug-likeness (QED) is 0.678. The van der Waals surface area contributed by atoms with Crippen molar-refractivity contribution < 1.29 is 9.59 Å². The minimum Gasteiger partial charge on any atom is -0.338 e. The summed E-state index contributed by atoms with van der Waals surface area (Å²) in [5, 5.41) is 8.29. The predicted molar refractivity (Wildman–Crippen MR) is 97.1 cm³/mol. The molecule has 0 aliphatic heterocycles. The number of rotatable bonds is 7. The first-order chi connectivity index (χ1) is 11.6. The molecule has 0 aliphatic rings. The van der Waals surface area contributed by atoms with Crippen LogP contribution in [-0.2, 0) is 11.2 Å². The van der Waals surface area contributed by atoms with Crippen LogP contribution in [0, 0.1) is 0 Å². The van der Waals surface area contributed by atoms with Crippen molar-refractivity contribution in [1.82, 2.24) is 5.32 Å². The molecule has 24 heavy (non-hydrogen) atoms. The fourth-order valence-electron chi connectivity index (χ4n) is 2.35. The van der Waals surface area contributed by atoms with E-state index in [1.807, 2.05) is 18.2 Å². The van der Waals surface area contributed by atoms with E-state index in [4.69, 9.17) is 0 Å². The lowest BCUT2D eigenvalue weighted by Crippen LogP contribution is -2.29. The molecule has 2 rings (SSSR count). The summed E-state index contributed by atoms with van der Waals surface area (Å²) in [6, 6.07) is 17.1. The number of urea groups is 1. The highest BCUT2D eigenvalue weighted by atomic mass is 16.2. The molecule has 126 valence electrons. The van der Waals surface area contributed by atoms with E-state index in [2.05, 4.69) is 28.1 Å². The number of unbranched alkanes of at least 4 members (excludes halogenated alkanes) is 1. The lowest BCUT2D eigenvalue weighted by molar-refractivity contribution is -0.114. The fraction of sp³-hybridized carbons (Fsp3) is 0.263. The third-order valence-corrected chi connectivity index (χ3v) is 3.46. The zero-order chi connectivity index (χ0) is 17.2. The maximum atomic E-state index is 11.9. The molecule has 0 heterocycles. The highest BCUT2D eigenvalue weighted by molar-refractivity contribution is 5.92. The van der Waals surface area contributed by atoms with Gasteiger partial charge in [-0.05, 0) is 43.0 Å². The van der Waals surface area contributed by atoms with Crippen LogP contribution >= 0.6 is 0 Å². The molecule has 0 aromatic heterocycles. The van der Waals surface area contributed by atoms with Crippen molar-refractivity contribution in [1.29, 1.82) is 0 Å². The first kappa shape index (κ1) is 17.5. The summed E-state index contributed by atoms with van der Waals surface area (Å²) >= 11 is 0. The molecule has 0 saturated heterocycles. The van der Waals surface area contributed by atoms with Gasteiger partial charge in [0.1, 0.15) is 0 Å². The summed E-state index contributed by atoms with van der Waals surface area (Å²) in [5.41, 5.74) is 2.61. The molecule has 3 N–H and O–H groups in total. The second kappa shape index (κ2) is 9.35. The standard InChI is InChI=1S/C19H23N3O2/c1-15(23)21-17-11-7-12-18(14-17)22-19(24)20-13-6-5-10-16-8-3-2-4-9-16/h2-4,7-9,11-12,14H,5-6,10,13H2,1H3,(H,21,23)(H2,20,22,24). The van der Waals surface area contributed by atoms with Gasteiger partial charge in [0.2, 0.25) is 5.91 Å². The van der Waals surface area contributed by atoms with Gasteiger partial charge in [-0.15, -0.1) is 0 Å². The molecular weight excluding hydrogens is 302 g/mol. The van der Waals surface area contributed by atoms with E-state index in [0.29, 0.717) is 17.9 Å². The fourth-order valence-corrected chi connectivity index (χ4v) is 2.35. The Morgan fingerprint density at radius 2 is 1.58 bits per heavy atom. The summed E-state index contributed by atoms with van der Waals surface area (Å²) in [6.45, 7) is 2.08. The molecule has 0 spiro atoms. The Hall–Kier alpha value is -2.82. The van der Waals surface area contributed by atoms with Gasteiger partial charge >= 0.3 is 6.03 Å². The molecule has 0 fully saturated rings. The average molecular weight is 325 g/mol. The third kappa shape index (κ3) is 6.52. The molecule has 0 aliphatic carbocycles. The Kier molecular flexibility index (Phi) is 6.83. The first-order valence-corrected chi connectivity index (χ1v) is 8.10. The number of aryl methyl sites for hydroxylation is 1. The minimum absolute atomic E-state index is 0.144. The summed E-state index contributed by atoms with van der Waals surface area (Å²) in [4.78, 5) is 22.9. The van der Waals surface area contributed by atoms with Gasteiger partial charge < -0.3 is 16.0 Å². The SMILES string of the molecule is CC(=O)Nc1cccc(NC(=O)NCCCCc2ccccc2)c1. The number of carbonyl (C=O) groups is 2. The van der Waals surface area contributed by atoms with Crippen molar-refractivity contribution in [3.8, 4) is 0 Å². The molecule has 0 bridgehead atoms. The molecule has 5 heteroatoms. The summed E-state index contributed by atoms with van der Waals surface area (Å²) < 4.78 is 0. The molecule has 3 amide bonds. The molecule has 0 radical (unpaired) electrons. The van der Waals surface area contributed by atoms with E-state index in [9.17, 15) is 9.59 Å². The summed E-state index contributed by atoms with van der Waals surface area (Å²) in [6.07, 6.45) is 2.97. The van der Waals surface area contributed by atoms with Gasteiger partial charge in [-0.3, -0.25) is 4.79 Å². The van der Waals surface area contributed by atoms with E-state index < -0.39 is 0 Å². The minimum atomic E-state index is -0.241. The van der Waals surface area contributed by atoms with Crippen LogP contribution in [0.5, 0.6) is 0 Å². The van der Waals surface area contributed by atoms with Crippen LogP contribution in [0.3, 0.4) is 0 Å². The van der Waals surface area contributed by atoms with Gasteiger partial charge in [0.25, 0.3) is 0 Å². The number of carbonyl (C=O) groups excluding carboxylic acids is 2. The van der Waals surface area contributed by atoms with E-state index >= 15 is 0 Å². The van der Waals surface area contributed by atoms with E-state index in [-0.39, 0.29) is 11.9 Å². The average Bonchev–Trinajstić information content (AvgIpc) is 2.55. The molecule has 2 aromatic carbocycles. The summed E-state index contributed by atoms with van der Waals surface area (Å²) in [7, 11) is 0. The maximum absolute atomic E-state index is 11.9. The van der Waals surface area contributed by atoms with Crippen LogP contribution in [-0.4, -0.2) is 18.5 Å². The van der Waals surface area contributed by atoms with E-state index in [1.54, 1.807) is 24.3 Å². The molecule has 0 saturated carbocycles. The Morgan fingerprint density at radius 3 is 2.29 bits per heavy atom. The Labute approximate surface area is 142 Å². The zero-order valence-electron chi connectivity index (χ0n) is 13.8. The number of nitrogens with one attached hydrogen (secondary N) is 3. The molecular formula is C19H23N3O2. The van der Waals surface area contributed by atoms with Crippen molar-refractivity contribution in [3.63, 3.8) is 0 Å². The Balaban J connectivity index is 1.67. The normalized spacial score (nSPS) is 10.0. The molecule has 2 aromatic rings. The molecule has 0 unspecified atom stereocenters. The van der Waals surface area contributed by atoms with Gasteiger partial charge in [0, 0.05) is 24.8 Å². The largest absolute Gasteiger partial charge is 0.338 e. The Morgan fingerprint density at radius 1 is 0.875 bits per heavy atom. The zero-order valence-corrected chi connectivity index (χ0v) is 13.8. The number of hydrogen-bond donors (Lipinski definition) is 3. The molecule has 0 atom stereocenters. The number of benzene rings is 2. The second-order valence-electron chi connectivity index (χ2n) is 5.59. The highest BCUT2D eigenvalue weighted by Gasteiger charge is 2.03. The monoisotopic (exact) mass is 325 g/mol. The number of hydrogen-bond acceptors (Lipinski definition) is 2. The lowest BCUT2D eigenvalue weighted by Gasteiger charge is -2.09. The van der Waals surface area contributed by atoms with Crippen LogP contribution < -0.4 is 16.0 Å². The predicted octanol–water partition coefficient (Wildman–Crippen LogP) is 3.79. The maximum Gasteiger partial charge on any atom is 0.319 e. The van der Waals surface area contributed by atoms with E-state index in [0.717, 1.165) is 19.3 Å². The second-order valence-corrected chi connectivity index (χ2v) is 5.59. The van der Waals surface area contributed by atoms with Gasteiger partial charge in [-0.25, -0.2) is 4.79 Å². The van der Waals surface area contributed by atoms with Gasteiger partial charge in [-0.2, -0.15) is 0 Å². The number of anilines is 2. The Bertz CT molecular complexity index is 671. The lowest BCUT2D eigenvalue weighted by atomic mass is 10.1. The third-order valence-electron chi connectivity index (χ3n) is 3.46. The van der Waals surface area contributed by atoms with Crippen molar-refractivity contribution >= 4 is 23.3 Å². The smallest absolute Gasteiger partial charge is 0.319 e. The van der Waals surface area contributed by atoms with E-state index in [1.165, 1.54) is 12.5 Å². The van der Waals surface area contributed by atoms with Crippen molar-refractivity contribution in [3.05, 3.63) is 60.2 Å². The van der Waals surface area contributed by atoms with Crippen molar-refractivity contribution in [2.24, 2.45) is 0 Å². The van der Waals surface area contributed by atoms with Crippen molar-refractivity contribution in [2.45, 2.75) is 26.2 Å². The topological polar surface area (TPSA) is 70.2 Å². The van der Waals surface area contributed by atoms with Crippen LogP contribution in [0.1, 0.15) is 25.3 Å². The van der Waals surface area contributed by atoms with Crippen LogP contribution in [0.25, 0.3) is 0 Å². The van der Waals surface area contributed by atoms with Crippen LogP contribution in [0.15, 0.2) is 54.6 Å². The van der Waals surface area contributed by atoms with Crippen LogP contribution in [0.2, 0.25) is 0 Å². The summed E-state index contributed by atoms with van der Waals surface area (Å²) in [5.74, 6) is -0.144. The van der Waals surface area contributed by atoms with Crippen LogP contribution in [0.4, 0.5) is 16.2 Å². The van der Waals surface area contributed by atoms with Crippen molar-refractivity contribution in [2.75, 3.05) is 17.2 Å². The molecule has 5 nitrogen and oxygen atoms in total. The first-order valence-electron chi connectivity index (χ1n) is 8.10. The highest BCUT2D eigenvalue weighted by Crippen LogP contribution is 2.14. The van der Waals surface area contributed by atoms with Gasteiger partial charge in [-0.1, -0.05) is 36.4 Å².